The largest absolute Gasteiger partial charge is 0.412 e. The molecule has 0 saturated heterocycles. The van der Waals surface area contributed by atoms with Gasteiger partial charge in [-0.3, -0.25) is 0 Å². The third-order valence-electron chi connectivity index (χ3n) is 1.56. The maximum Gasteiger partial charge on any atom is 0.412 e. The molecule has 13 heavy (non-hydrogen) atoms. The van der Waals surface area contributed by atoms with E-state index in [1.807, 2.05) is 13.8 Å². The van der Waals surface area contributed by atoms with Crippen molar-refractivity contribution in [2.75, 3.05) is 0 Å². The Hall–Kier alpha value is -0.730. The molecule has 0 radical (unpaired) electrons. The van der Waals surface area contributed by atoms with Gasteiger partial charge in [0.25, 0.3) is 0 Å². The highest BCUT2D eigenvalue weighted by Gasteiger charge is 2.31. The van der Waals surface area contributed by atoms with Crippen molar-refractivity contribution in [3.8, 4) is 0 Å². The monoisotopic (exact) mass is 192 g/mol. The van der Waals surface area contributed by atoms with Gasteiger partial charge in [-0.1, -0.05) is 26.0 Å². The van der Waals surface area contributed by atoms with Gasteiger partial charge in [0.2, 0.25) is 0 Å². The minimum Gasteiger partial charge on any atom is -0.166 e. The highest BCUT2D eigenvalue weighted by atomic mass is 19.4. The van der Waals surface area contributed by atoms with Crippen LogP contribution in [0.5, 0.6) is 0 Å². The zero-order chi connectivity index (χ0) is 10.5. The molecule has 0 rings (SSSR count). The van der Waals surface area contributed by atoms with Crippen LogP contribution in [0.4, 0.5) is 13.2 Å². The van der Waals surface area contributed by atoms with Crippen molar-refractivity contribution >= 4 is 0 Å². The molecule has 0 aromatic heterocycles. The highest BCUT2D eigenvalue weighted by molar-refractivity contribution is 5.12. The van der Waals surface area contributed by atoms with E-state index in [0.29, 0.717) is 6.42 Å². The van der Waals surface area contributed by atoms with Crippen LogP contribution in [-0.2, 0) is 0 Å². The number of halogens is 3. The SMILES string of the molecule is C=CC/C(=C\CC(C)C)C(F)(F)F. The minimum absolute atomic E-state index is 0.101. The molecule has 0 fully saturated rings. The van der Waals surface area contributed by atoms with Gasteiger partial charge in [0.05, 0.1) is 0 Å². The molecule has 0 nitrogen and oxygen atoms in total. The van der Waals surface area contributed by atoms with Crippen molar-refractivity contribution in [2.24, 2.45) is 5.92 Å². The number of allylic oxidation sites excluding steroid dienone is 3. The Kier molecular flexibility index (Phi) is 4.81. The summed E-state index contributed by atoms with van der Waals surface area (Å²) in [5, 5.41) is 0. The van der Waals surface area contributed by atoms with E-state index >= 15 is 0 Å². The Morgan fingerprint density at radius 1 is 1.38 bits per heavy atom. The van der Waals surface area contributed by atoms with Crippen LogP contribution in [0, 0.1) is 5.92 Å². The molecule has 0 atom stereocenters. The summed E-state index contributed by atoms with van der Waals surface area (Å²) in [6.45, 7) is 7.07. The maximum absolute atomic E-state index is 12.2. The van der Waals surface area contributed by atoms with Crippen LogP contribution in [0.3, 0.4) is 0 Å². The van der Waals surface area contributed by atoms with Crippen molar-refractivity contribution < 1.29 is 13.2 Å². The van der Waals surface area contributed by atoms with Crippen molar-refractivity contribution in [3.63, 3.8) is 0 Å². The van der Waals surface area contributed by atoms with Gasteiger partial charge in [0, 0.05) is 5.57 Å². The summed E-state index contributed by atoms with van der Waals surface area (Å²) in [5.41, 5.74) is -0.490. The normalized spacial score (nSPS) is 13.5. The molecule has 0 N–H and O–H groups in total. The van der Waals surface area contributed by atoms with Crippen LogP contribution in [0.15, 0.2) is 24.3 Å². The molecule has 0 saturated carbocycles. The third kappa shape index (κ3) is 5.50. The molecule has 0 amide bonds. The molecule has 0 aliphatic carbocycles. The lowest BCUT2D eigenvalue weighted by atomic mass is 10.1. The summed E-state index contributed by atoms with van der Waals surface area (Å²) in [7, 11) is 0. The van der Waals surface area contributed by atoms with E-state index in [9.17, 15) is 13.2 Å². The van der Waals surface area contributed by atoms with E-state index in [1.54, 1.807) is 0 Å². The van der Waals surface area contributed by atoms with Gasteiger partial charge in [-0.15, -0.1) is 6.58 Å². The summed E-state index contributed by atoms with van der Waals surface area (Å²) >= 11 is 0. The molecule has 0 unspecified atom stereocenters. The molecule has 0 aliphatic heterocycles. The first kappa shape index (κ1) is 12.3. The lowest BCUT2D eigenvalue weighted by Crippen LogP contribution is -2.11. The highest BCUT2D eigenvalue weighted by Crippen LogP contribution is 2.29. The number of rotatable bonds is 4. The van der Waals surface area contributed by atoms with Crippen molar-refractivity contribution in [1.82, 2.24) is 0 Å². The average molecular weight is 192 g/mol. The first-order valence-electron chi connectivity index (χ1n) is 4.25. The van der Waals surface area contributed by atoms with Gasteiger partial charge in [0.15, 0.2) is 0 Å². The topological polar surface area (TPSA) is 0 Å². The standard InChI is InChI=1S/C10H15F3/c1-4-5-9(10(11,12)13)7-6-8(2)3/h4,7-8H,1,5-6H2,2-3H3/b9-7+. The molecular weight excluding hydrogens is 177 g/mol. The van der Waals surface area contributed by atoms with Crippen LogP contribution in [0.1, 0.15) is 26.7 Å². The fourth-order valence-electron chi connectivity index (χ4n) is 0.848. The first-order chi connectivity index (χ1) is 5.88. The molecule has 76 valence electrons. The number of alkyl halides is 3. The van der Waals surface area contributed by atoms with E-state index in [-0.39, 0.29) is 12.3 Å². The van der Waals surface area contributed by atoms with Gasteiger partial charge in [-0.05, 0) is 18.8 Å². The van der Waals surface area contributed by atoms with E-state index < -0.39 is 11.7 Å². The smallest absolute Gasteiger partial charge is 0.166 e. The van der Waals surface area contributed by atoms with Crippen LogP contribution < -0.4 is 0 Å². The van der Waals surface area contributed by atoms with Gasteiger partial charge in [-0.25, -0.2) is 0 Å². The first-order valence-corrected chi connectivity index (χ1v) is 4.25. The lowest BCUT2D eigenvalue weighted by Gasteiger charge is -2.10. The Balaban J connectivity index is 4.41. The van der Waals surface area contributed by atoms with Crippen LogP contribution in [-0.4, -0.2) is 6.18 Å². The molecule has 0 aromatic rings. The van der Waals surface area contributed by atoms with Crippen LogP contribution >= 0.6 is 0 Å². The molecule has 0 heterocycles. The Bertz CT molecular complexity index is 187. The molecule has 0 aliphatic rings. The summed E-state index contributed by atoms with van der Waals surface area (Å²) < 4.78 is 36.7. The Morgan fingerprint density at radius 2 is 1.92 bits per heavy atom. The summed E-state index contributed by atoms with van der Waals surface area (Å²) in [5.74, 6) is 0.252. The third-order valence-corrected chi connectivity index (χ3v) is 1.56. The van der Waals surface area contributed by atoms with Crippen LogP contribution in [0.2, 0.25) is 0 Å². The minimum atomic E-state index is -4.21. The predicted octanol–water partition coefficient (Wildman–Crippen LogP) is 4.10. The van der Waals surface area contributed by atoms with Crippen LogP contribution in [0.25, 0.3) is 0 Å². The van der Waals surface area contributed by atoms with Crippen molar-refractivity contribution in [1.29, 1.82) is 0 Å². The van der Waals surface area contributed by atoms with Gasteiger partial charge >= 0.3 is 6.18 Å². The molecule has 0 spiro atoms. The fraction of sp³-hybridized carbons (Fsp3) is 0.600. The Labute approximate surface area is 77.1 Å². The van der Waals surface area contributed by atoms with E-state index in [4.69, 9.17) is 0 Å². The summed E-state index contributed by atoms with van der Waals surface area (Å²) in [4.78, 5) is 0. The van der Waals surface area contributed by atoms with E-state index in [1.165, 1.54) is 12.2 Å². The number of hydrogen-bond donors (Lipinski definition) is 0. The van der Waals surface area contributed by atoms with Gasteiger partial charge in [0.1, 0.15) is 0 Å². The van der Waals surface area contributed by atoms with Gasteiger partial charge < -0.3 is 0 Å². The zero-order valence-corrected chi connectivity index (χ0v) is 7.99. The molecule has 0 bridgehead atoms. The average Bonchev–Trinajstić information content (AvgIpc) is 1.95. The predicted molar refractivity (Wildman–Crippen MR) is 48.4 cm³/mol. The second-order valence-electron chi connectivity index (χ2n) is 3.35. The quantitative estimate of drug-likeness (QED) is 0.588. The van der Waals surface area contributed by atoms with Crippen molar-refractivity contribution in [2.45, 2.75) is 32.9 Å². The fourth-order valence-corrected chi connectivity index (χ4v) is 0.848. The molecule has 0 aromatic carbocycles. The van der Waals surface area contributed by atoms with Gasteiger partial charge in [-0.2, -0.15) is 13.2 Å². The van der Waals surface area contributed by atoms with E-state index in [0.717, 1.165) is 0 Å². The summed E-state index contributed by atoms with van der Waals surface area (Å²) in [6, 6.07) is 0. The zero-order valence-electron chi connectivity index (χ0n) is 7.99. The van der Waals surface area contributed by atoms with E-state index in [2.05, 4.69) is 6.58 Å². The molecular formula is C10H15F3. The maximum atomic E-state index is 12.2. The van der Waals surface area contributed by atoms with Crippen molar-refractivity contribution in [3.05, 3.63) is 24.3 Å². The lowest BCUT2D eigenvalue weighted by molar-refractivity contribution is -0.0932. The summed E-state index contributed by atoms with van der Waals surface area (Å²) in [6.07, 6.45) is -1.31. The Morgan fingerprint density at radius 3 is 2.23 bits per heavy atom. The second kappa shape index (κ2) is 5.10. The molecule has 3 heteroatoms. The second-order valence-corrected chi connectivity index (χ2v) is 3.35. The number of hydrogen-bond acceptors (Lipinski definition) is 0.